The van der Waals surface area contributed by atoms with E-state index in [2.05, 4.69) is 30.7 Å². The van der Waals surface area contributed by atoms with Crippen LogP contribution in [-0.4, -0.2) is 35.5 Å². The molecule has 4 N–H and O–H groups in total. The molecular formula is C16H34N4. The van der Waals surface area contributed by atoms with Crippen LogP contribution in [0.5, 0.6) is 0 Å². The van der Waals surface area contributed by atoms with E-state index < -0.39 is 0 Å². The average molecular weight is 282 g/mol. The van der Waals surface area contributed by atoms with Gasteiger partial charge in [0.1, 0.15) is 0 Å². The molecular weight excluding hydrogens is 248 g/mol. The minimum atomic E-state index is 0.239. The Balaban J connectivity index is 2.57. The molecule has 1 fully saturated rings. The molecule has 0 aromatic carbocycles. The van der Waals surface area contributed by atoms with Crippen LogP contribution >= 0.6 is 0 Å². The van der Waals surface area contributed by atoms with E-state index in [9.17, 15) is 0 Å². The van der Waals surface area contributed by atoms with Crippen molar-refractivity contribution in [3.63, 3.8) is 0 Å². The summed E-state index contributed by atoms with van der Waals surface area (Å²) in [6, 6.07) is 0.331. The first-order valence-electron chi connectivity index (χ1n) is 8.35. The smallest absolute Gasteiger partial charge is 0.186 e. The predicted molar refractivity (Wildman–Crippen MR) is 87.9 cm³/mol. The van der Waals surface area contributed by atoms with Gasteiger partial charge in [0.25, 0.3) is 0 Å². The molecule has 0 amide bonds. The van der Waals surface area contributed by atoms with Crippen LogP contribution in [0, 0.1) is 0 Å². The zero-order valence-electron chi connectivity index (χ0n) is 13.7. The van der Waals surface area contributed by atoms with Crippen molar-refractivity contribution in [3.05, 3.63) is 0 Å². The molecule has 0 unspecified atom stereocenters. The average Bonchev–Trinajstić information content (AvgIpc) is 2.43. The largest absolute Gasteiger partial charge is 0.370 e. The fraction of sp³-hybridized carbons (Fsp3) is 0.938. The van der Waals surface area contributed by atoms with E-state index in [-0.39, 0.29) is 5.96 Å². The lowest BCUT2D eigenvalue weighted by Crippen LogP contribution is -2.51. The summed E-state index contributed by atoms with van der Waals surface area (Å²) in [5, 5.41) is 0. The Kier molecular flexibility index (Phi) is 7.35. The summed E-state index contributed by atoms with van der Waals surface area (Å²) in [5.41, 5.74) is 11.3. The first-order valence-corrected chi connectivity index (χ1v) is 8.35. The van der Waals surface area contributed by atoms with Crippen molar-refractivity contribution in [2.75, 3.05) is 13.1 Å². The van der Waals surface area contributed by atoms with Gasteiger partial charge >= 0.3 is 0 Å². The third kappa shape index (κ3) is 5.31. The second-order valence-electron chi connectivity index (χ2n) is 6.48. The zero-order chi connectivity index (χ0) is 15.0. The van der Waals surface area contributed by atoms with Crippen molar-refractivity contribution in [3.8, 4) is 0 Å². The summed E-state index contributed by atoms with van der Waals surface area (Å²) in [6.07, 6.45) is 10.0. The minimum absolute atomic E-state index is 0.239. The highest BCUT2D eigenvalue weighted by atomic mass is 15.2. The number of hydrogen-bond acceptors (Lipinski definition) is 2. The molecule has 4 nitrogen and oxygen atoms in total. The van der Waals surface area contributed by atoms with E-state index in [0.29, 0.717) is 11.6 Å². The van der Waals surface area contributed by atoms with Crippen LogP contribution < -0.4 is 11.5 Å². The van der Waals surface area contributed by atoms with Crippen LogP contribution in [0.4, 0.5) is 0 Å². The number of unbranched alkanes of at least 4 members (excludes halogenated alkanes) is 2. The number of guanidine groups is 1. The van der Waals surface area contributed by atoms with E-state index in [4.69, 9.17) is 11.5 Å². The van der Waals surface area contributed by atoms with Gasteiger partial charge in [-0.25, -0.2) is 0 Å². The summed E-state index contributed by atoms with van der Waals surface area (Å²) in [7, 11) is 0. The van der Waals surface area contributed by atoms with Crippen LogP contribution in [0.25, 0.3) is 0 Å². The fourth-order valence-electron chi connectivity index (χ4n) is 3.30. The Bertz CT molecular complexity index is 281. The Hall–Kier alpha value is -0.770. The van der Waals surface area contributed by atoms with Crippen molar-refractivity contribution in [1.29, 1.82) is 0 Å². The van der Waals surface area contributed by atoms with Crippen LogP contribution in [0.2, 0.25) is 0 Å². The molecule has 0 atom stereocenters. The van der Waals surface area contributed by atoms with Gasteiger partial charge in [-0.3, -0.25) is 9.89 Å². The zero-order valence-corrected chi connectivity index (χ0v) is 13.7. The third-order valence-electron chi connectivity index (χ3n) is 4.70. The van der Waals surface area contributed by atoms with Crippen molar-refractivity contribution in [2.24, 2.45) is 16.5 Å². The molecule has 1 aliphatic rings. The van der Waals surface area contributed by atoms with Crippen molar-refractivity contribution in [1.82, 2.24) is 4.90 Å². The molecule has 20 heavy (non-hydrogen) atoms. The lowest BCUT2D eigenvalue weighted by Gasteiger charge is -2.45. The molecule has 118 valence electrons. The predicted octanol–water partition coefficient (Wildman–Crippen LogP) is 2.86. The normalized spacial score (nSPS) is 18.1. The number of nitrogens with two attached hydrogens (primary N) is 2. The van der Waals surface area contributed by atoms with Crippen LogP contribution in [0.3, 0.4) is 0 Å². The van der Waals surface area contributed by atoms with E-state index in [0.717, 1.165) is 25.9 Å². The third-order valence-corrected chi connectivity index (χ3v) is 4.70. The standard InChI is InChI=1S/C16H34N4/c1-4-6-10-16(3,11-7-5-2)20-12-8-14(9-13-20)19-15(17)18/h14H,4-13H2,1-3H3,(H4,17,18,19). The van der Waals surface area contributed by atoms with Gasteiger partial charge in [0.15, 0.2) is 5.96 Å². The van der Waals surface area contributed by atoms with E-state index in [1.807, 2.05) is 0 Å². The summed E-state index contributed by atoms with van der Waals surface area (Å²) in [5.74, 6) is 0.239. The monoisotopic (exact) mass is 282 g/mol. The summed E-state index contributed by atoms with van der Waals surface area (Å²) < 4.78 is 0. The molecule has 0 spiro atoms. The highest BCUT2D eigenvalue weighted by Gasteiger charge is 2.33. The van der Waals surface area contributed by atoms with Gasteiger partial charge in [0, 0.05) is 18.6 Å². The van der Waals surface area contributed by atoms with Gasteiger partial charge in [-0.2, -0.15) is 0 Å². The molecule has 4 heteroatoms. The van der Waals surface area contributed by atoms with Gasteiger partial charge in [0.2, 0.25) is 0 Å². The van der Waals surface area contributed by atoms with E-state index >= 15 is 0 Å². The molecule has 0 saturated carbocycles. The second kappa shape index (κ2) is 8.50. The number of nitrogens with zero attached hydrogens (tertiary/aromatic N) is 2. The lowest BCUT2D eigenvalue weighted by atomic mass is 9.85. The van der Waals surface area contributed by atoms with E-state index in [1.165, 1.54) is 38.5 Å². The first-order chi connectivity index (χ1) is 9.51. The van der Waals surface area contributed by atoms with E-state index in [1.54, 1.807) is 0 Å². The molecule has 0 aromatic rings. The number of likely N-dealkylation sites (tertiary alicyclic amines) is 1. The molecule has 0 aliphatic carbocycles. The Morgan fingerprint density at radius 2 is 1.60 bits per heavy atom. The van der Waals surface area contributed by atoms with Gasteiger partial charge in [-0.1, -0.05) is 39.5 Å². The number of hydrogen-bond donors (Lipinski definition) is 2. The quantitative estimate of drug-likeness (QED) is 0.531. The van der Waals surface area contributed by atoms with Crippen molar-refractivity contribution in [2.45, 2.75) is 83.7 Å². The number of rotatable bonds is 8. The SMILES string of the molecule is CCCCC(C)(CCCC)N1CCC(N=C(N)N)CC1. The summed E-state index contributed by atoms with van der Waals surface area (Å²) >= 11 is 0. The molecule has 1 saturated heterocycles. The van der Waals surface area contributed by atoms with Crippen LogP contribution in [-0.2, 0) is 0 Å². The number of piperidine rings is 1. The topological polar surface area (TPSA) is 67.6 Å². The highest BCUT2D eigenvalue weighted by Crippen LogP contribution is 2.31. The molecule has 1 aliphatic heterocycles. The van der Waals surface area contributed by atoms with Crippen LogP contribution in [0.15, 0.2) is 4.99 Å². The molecule has 1 heterocycles. The Morgan fingerprint density at radius 1 is 1.10 bits per heavy atom. The second-order valence-corrected chi connectivity index (χ2v) is 6.48. The first kappa shape index (κ1) is 17.3. The van der Waals surface area contributed by atoms with Gasteiger partial charge in [-0.15, -0.1) is 0 Å². The Labute approximate surface area is 125 Å². The van der Waals surface area contributed by atoms with Crippen molar-refractivity contribution >= 4 is 5.96 Å². The minimum Gasteiger partial charge on any atom is -0.370 e. The van der Waals surface area contributed by atoms with Crippen LogP contribution in [0.1, 0.15) is 72.1 Å². The van der Waals surface area contributed by atoms with Gasteiger partial charge in [-0.05, 0) is 32.6 Å². The molecule has 0 aromatic heterocycles. The fourth-order valence-corrected chi connectivity index (χ4v) is 3.30. The molecule has 0 bridgehead atoms. The number of aliphatic imine (C=N–C) groups is 1. The highest BCUT2D eigenvalue weighted by molar-refractivity contribution is 5.75. The lowest BCUT2D eigenvalue weighted by molar-refractivity contribution is 0.0566. The van der Waals surface area contributed by atoms with Gasteiger partial charge in [0.05, 0.1) is 6.04 Å². The summed E-state index contributed by atoms with van der Waals surface area (Å²) in [6.45, 7) is 9.28. The molecule has 1 rings (SSSR count). The van der Waals surface area contributed by atoms with Crippen molar-refractivity contribution < 1.29 is 0 Å². The molecule has 0 radical (unpaired) electrons. The summed E-state index contributed by atoms with van der Waals surface area (Å²) in [4.78, 5) is 7.01. The Morgan fingerprint density at radius 3 is 2.00 bits per heavy atom. The maximum atomic E-state index is 5.49. The maximum absolute atomic E-state index is 5.49. The van der Waals surface area contributed by atoms with Gasteiger partial charge < -0.3 is 11.5 Å². The maximum Gasteiger partial charge on any atom is 0.186 e.